The minimum atomic E-state index is -0.305. The SMILES string of the molecule is CC1C2CNCC2CN1Cc1ccc([N+](=O)[O-])s1. The molecule has 0 spiro atoms. The zero-order chi connectivity index (χ0) is 12.7. The van der Waals surface area contributed by atoms with Crippen LogP contribution in [0.4, 0.5) is 5.00 Å². The molecule has 0 aromatic carbocycles. The second-order valence-electron chi connectivity index (χ2n) is 5.25. The molecule has 0 amide bonds. The number of nitro groups is 1. The number of fused-ring (bicyclic) bond motifs is 1. The van der Waals surface area contributed by atoms with Gasteiger partial charge in [-0.2, -0.15) is 0 Å². The van der Waals surface area contributed by atoms with Crippen LogP contribution in [0.25, 0.3) is 0 Å². The normalized spacial score (nSPS) is 31.7. The minimum absolute atomic E-state index is 0.249. The molecule has 1 aromatic heterocycles. The second kappa shape index (κ2) is 4.60. The van der Waals surface area contributed by atoms with Gasteiger partial charge in [-0.3, -0.25) is 15.0 Å². The van der Waals surface area contributed by atoms with Crippen LogP contribution >= 0.6 is 11.3 Å². The predicted molar refractivity (Wildman–Crippen MR) is 70.7 cm³/mol. The fourth-order valence-electron chi connectivity index (χ4n) is 3.21. The molecule has 0 aliphatic carbocycles. The summed E-state index contributed by atoms with van der Waals surface area (Å²) >= 11 is 1.30. The Hall–Kier alpha value is -0.980. The van der Waals surface area contributed by atoms with Crippen molar-refractivity contribution < 1.29 is 4.92 Å². The monoisotopic (exact) mass is 267 g/mol. The van der Waals surface area contributed by atoms with Gasteiger partial charge in [-0.05, 0) is 37.9 Å². The average molecular weight is 267 g/mol. The van der Waals surface area contributed by atoms with Gasteiger partial charge in [0.05, 0.1) is 4.92 Å². The lowest BCUT2D eigenvalue weighted by Crippen LogP contribution is -2.32. The van der Waals surface area contributed by atoms with Crippen LogP contribution in [0.3, 0.4) is 0 Å². The zero-order valence-electron chi connectivity index (χ0n) is 10.3. The Labute approximate surface area is 110 Å². The fraction of sp³-hybridized carbons (Fsp3) is 0.667. The third-order valence-corrected chi connectivity index (χ3v) is 5.26. The molecular formula is C12H17N3O2S. The third kappa shape index (κ3) is 2.04. The van der Waals surface area contributed by atoms with Gasteiger partial charge in [-0.25, -0.2) is 0 Å². The molecule has 2 saturated heterocycles. The van der Waals surface area contributed by atoms with E-state index >= 15 is 0 Å². The Morgan fingerprint density at radius 2 is 2.39 bits per heavy atom. The number of nitrogens with zero attached hydrogens (tertiary/aromatic N) is 2. The van der Waals surface area contributed by atoms with Crippen LogP contribution in [0, 0.1) is 22.0 Å². The van der Waals surface area contributed by atoms with E-state index in [0.717, 1.165) is 42.9 Å². The van der Waals surface area contributed by atoms with Gasteiger partial charge in [0.2, 0.25) is 0 Å². The number of hydrogen-bond acceptors (Lipinski definition) is 5. The fourth-order valence-corrected chi connectivity index (χ4v) is 4.06. The van der Waals surface area contributed by atoms with Crippen molar-refractivity contribution in [2.45, 2.75) is 19.5 Å². The van der Waals surface area contributed by atoms with Crippen molar-refractivity contribution >= 4 is 16.3 Å². The van der Waals surface area contributed by atoms with Crippen molar-refractivity contribution in [3.05, 3.63) is 27.1 Å². The first-order valence-corrected chi connectivity index (χ1v) is 7.14. The lowest BCUT2D eigenvalue weighted by molar-refractivity contribution is -0.380. The largest absolute Gasteiger partial charge is 0.324 e. The van der Waals surface area contributed by atoms with Crippen LogP contribution in [0.15, 0.2) is 12.1 Å². The van der Waals surface area contributed by atoms with E-state index in [4.69, 9.17) is 0 Å². The van der Waals surface area contributed by atoms with Gasteiger partial charge in [-0.15, -0.1) is 0 Å². The Kier molecular flexibility index (Phi) is 3.09. The summed E-state index contributed by atoms with van der Waals surface area (Å²) in [4.78, 5) is 13.9. The number of thiophene rings is 1. The van der Waals surface area contributed by atoms with Crippen LogP contribution in [-0.2, 0) is 6.54 Å². The first-order valence-electron chi connectivity index (χ1n) is 6.33. The van der Waals surface area contributed by atoms with Gasteiger partial charge in [0.25, 0.3) is 0 Å². The van der Waals surface area contributed by atoms with E-state index in [9.17, 15) is 10.1 Å². The molecule has 1 aromatic rings. The van der Waals surface area contributed by atoms with Gasteiger partial charge in [0.1, 0.15) is 0 Å². The Morgan fingerprint density at radius 1 is 1.56 bits per heavy atom. The summed E-state index contributed by atoms with van der Waals surface area (Å²) in [7, 11) is 0. The summed E-state index contributed by atoms with van der Waals surface area (Å²) in [5.41, 5.74) is 0. The van der Waals surface area contributed by atoms with Gasteiger partial charge >= 0.3 is 5.00 Å². The molecule has 18 heavy (non-hydrogen) atoms. The molecule has 2 fully saturated rings. The lowest BCUT2D eigenvalue weighted by atomic mass is 9.95. The highest BCUT2D eigenvalue weighted by molar-refractivity contribution is 7.15. The molecule has 3 unspecified atom stereocenters. The lowest BCUT2D eigenvalue weighted by Gasteiger charge is -2.23. The first kappa shape index (κ1) is 12.1. The van der Waals surface area contributed by atoms with E-state index in [0.29, 0.717) is 6.04 Å². The summed E-state index contributed by atoms with van der Waals surface area (Å²) in [6.45, 7) is 6.49. The molecule has 3 heterocycles. The molecule has 3 atom stereocenters. The summed E-state index contributed by atoms with van der Waals surface area (Å²) in [5, 5.41) is 14.4. The molecule has 98 valence electrons. The van der Waals surface area contributed by atoms with Crippen LogP contribution in [0.1, 0.15) is 11.8 Å². The van der Waals surface area contributed by atoms with E-state index in [1.54, 1.807) is 6.07 Å². The van der Waals surface area contributed by atoms with E-state index in [1.807, 2.05) is 6.07 Å². The van der Waals surface area contributed by atoms with Crippen molar-refractivity contribution in [2.75, 3.05) is 19.6 Å². The van der Waals surface area contributed by atoms with Crippen LogP contribution < -0.4 is 5.32 Å². The third-order valence-electron chi connectivity index (χ3n) is 4.24. The maximum absolute atomic E-state index is 10.7. The van der Waals surface area contributed by atoms with Crippen molar-refractivity contribution in [1.29, 1.82) is 0 Å². The Morgan fingerprint density at radius 3 is 3.06 bits per heavy atom. The minimum Gasteiger partial charge on any atom is -0.316 e. The van der Waals surface area contributed by atoms with Crippen LogP contribution in [0.2, 0.25) is 0 Å². The smallest absolute Gasteiger partial charge is 0.316 e. The highest BCUT2D eigenvalue weighted by atomic mass is 32.1. The van der Waals surface area contributed by atoms with Crippen LogP contribution in [-0.4, -0.2) is 35.5 Å². The molecular weight excluding hydrogens is 250 g/mol. The summed E-state index contributed by atoms with van der Waals surface area (Å²) in [5.74, 6) is 1.51. The van der Waals surface area contributed by atoms with Gasteiger partial charge in [0, 0.05) is 30.1 Å². The molecule has 1 N–H and O–H groups in total. The molecule has 0 radical (unpaired) electrons. The number of rotatable bonds is 3. The van der Waals surface area contributed by atoms with Crippen molar-refractivity contribution in [3.8, 4) is 0 Å². The topological polar surface area (TPSA) is 58.4 Å². The molecule has 3 rings (SSSR count). The quantitative estimate of drug-likeness (QED) is 0.669. The van der Waals surface area contributed by atoms with E-state index < -0.39 is 0 Å². The number of hydrogen-bond donors (Lipinski definition) is 1. The maximum Gasteiger partial charge on any atom is 0.324 e. The van der Waals surface area contributed by atoms with E-state index in [-0.39, 0.29) is 9.92 Å². The standard InChI is InChI=1S/C12H17N3O2S/c1-8-11-5-13-4-9(11)6-14(8)7-10-2-3-12(18-10)15(16)17/h2-3,8-9,11,13H,4-7H2,1H3. The van der Waals surface area contributed by atoms with E-state index in [1.165, 1.54) is 11.3 Å². The molecule has 0 saturated carbocycles. The van der Waals surface area contributed by atoms with Gasteiger partial charge in [0.15, 0.2) is 0 Å². The number of nitrogens with one attached hydrogen (secondary N) is 1. The summed E-state index contributed by atoms with van der Waals surface area (Å²) in [6.07, 6.45) is 0. The van der Waals surface area contributed by atoms with Gasteiger partial charge in [-0.1, -0.05) is 11.3 Å². The van der Waals surface area contributed by atoms with Gasteiger partial charge < -0.3 is 5.32 Å². The summed E-state index contributed by atoms with van der Waals surface area (Å²) in [6, 6.07) is 4.08. The average Bonchev–Trinajstić information content (AvgIpc) is 2.99. The van der Waals surface area contributed by atoms with Crippen molar-refractivity contribution in [2.24, 2.45) is 11.8 Å². The Balaban J connectivity index is 1.67. The second-order valence-corrected chi connectivity index (χ2v) is 6.40. The van der Waals surface area contributed by atoms with Crippen LogP contribution in [0.5, 0.6) is 0 Å². The Bertz CT molecular complexity index is 462. The molecule has 0 bridgehead atoms. The molecule has 5 nitrogen and oxygen atoms in total. The molecule has 2 aliphatic heterocycles. The van der Waals surface area contributed by atoms with Crippen molar-refractivity contribution in [3.63, 3.8) is 0 Å². The molecule has 2 aliphatic rings. The maximum atomic E-state index is 10.7. The first-order chi connectivity index (χ1) is 8.65. The zero-order valence-corrected chi connectivity index (χ0v) is 11.2. The highest BCUT2D eigenvalue weighted by Gasteiger charge is 2.41. The predicted octanol–water partition coefficient (Wildman–Crippen LogP) is 1.70. The highest BCUT2D eigenvalue weighted by Crippen LogP contribution is 2.34. The molecule has 6 heteroatoms. The van der Waals surface area contributed by atoms with E-state index in [2.05, 4.69) is 17.1 Å². The summed E-state index contributed by atoms with van der Waals surface area (Å²) < 4.78 is 0. The van der Waals surface area contributed by atoms with Crippen molar-refractivity contribution in [1.82, 2.24) is 10.2 Å². The number of likely N-dealkylation sites (tertiary alicyclic amines) is 1.